The molecule has 18 heavy (non-hydrogen) atoms. The Hall–Kier alpha value is -1.06. The molecule has 3 heteroatoms. The van der Waals surface area contributed by atoms with Crippen LogP contribution in [0, 0.1) is 6.92 Å². The second-order valence-electron chi connectivity index (χ2n) is 5.33. The van der Waals surface area contributed by atoms with Crippen molar-refractivity contribution in [2.24, 2.45) is 5.73 Å². The van der Waals surface area contributed by atoms with Crippen molar-refractivity contribution in [2.75, 3.05) is 18.0 Å². The first-order chi connectivity index (χ1) is 8.41. The number of benzene rings is 1. The minimum atomic E-state index is -0.796. The summed E-state index contributed by atoms with van der Waals surface area (Å²) in [6, 6.07) is 8.61. The van der Waals surface area contributed by atoms with Gasteiger partial charge in [0.1, 0.15) is 0 Å². The van der Waals surface area contributed by atoms with E-state index >= 15 is 0 Å². The Morgan fingerprint density at radius 2 is 2.00 bits per heavy atom. The van der Waals surface area contributed by atoms with Crippen LogP contribution in [0.5, 0.6) is 0 Å². The predicted molar refractivity (Wildman–Crippen MR) is 78.0 cm³/mol. The fourth-order valence-electron chi connectivity index (χ4n) is 2.44. The van der Waals surface area contributed by atoms with Crippen LogP contribution < -0.4 is 10.6 Å². The molecule has 0 saturated heterocycles. The van der Waals surface area contributed by atoms with Gasteiger partial charge in [-0.2, -0.15) is 0 Å². The molecule has 0 bridgehead atoms. The van der Waals surface area contributed by atoms with Crippen LogP contribution in [-0.2, 0) is 0 Å². The highest BCUT2D eigenvalue weighted by molar-refractivity contribution is 5.53. The normalized spacial score (nSPS) is 16.1. The largest absolute Gasteiger partial charge is 0.389 e. The Kier molecular flexibility index (Phi) is 5.17. The molecule has 1 aromatic rings. The standard InChI is InChI=1S/C15H26N2O/c1-5-17(13(3)10-15(4,18)11-16)14-9-7-6-8-12(14)2/h6-9,13,18H,5,10-11,16H2,1-4H3. The number of hydrogen-bond donors (Lipinski definition) is 2. The van der Waals surface area contributed by atoms with Gasteiger partial charge in [0.15, 0.2) is 0 Å². The first-order valence-corrected chi connectivity index (χ1v) is 6.66. The first kappa shape index (κ1) is 15.0. The number of para-hydroxylation sites is 1. The SMILES string of the molecule is CCN(c1ccccc1C)C(C)CC(C)(O)CN. The van der Waals surface area contributed by atoms with Crippen LogP contribution in [0.1, 0.15) is 32.8 Å². The van der Waals surface area contributed by atoms with Crippen molar-refractivity contribution in [3.63, 3.8) is 0 Å². The molecule has 0 fully saturated rings. The zero-order chi connectivity index (χ0) is 13.8. The molecule has 0 radical (unpaired) electrons. The summed E-state index contributed by atoms with van der Waals surface area (Å²) in [6.07, 6.45) is 0.672. The summed E-state index contributed by atoms with van der Waals surface area (Å²) < 4.78 is 0. The molecule has 1 rings (SSSR count). The third kappa shape index (κ3) is 3.72. The summed E-state index contributed by atoms with van der Waals surface area (Å²) in [4.78, 5) is 2.32. The van der Waals surface area contributed by atoms with E-state index in [9.17, 15) is 5.11 Å². The van der Waals surface area contributed by atoms with Gasteiger partial charge < -0.3 is 15.7 Å². The maximum Gasteiger partial charge on any atom is 0.0760 e. The summed E-state index contributed by atoms with van der Waals surface area (Å²) in [5, 5.41) is 10.1. The molecule has 0 aromatic heterocycles. The minimum absolute atomic E-state index is 0.259. The number of hydrogen-bond acceptors (Lipinski definition) is 3. The van der Waals surface area contributed by atoms with Gasteiger partial charge in [-0.05, 0) is 45.7 Å². The average molecular weight is 250 g/mol. The minimum Gasteiger partial charge on any atom is -0.389 e. The van der Waals surface area contributed by atoms with Crippen molar-refractivity contribution >= 4 is 5.69 Å². The maximum absolute atomic E-state index is 10.1. The Balaban J connectivity index is 2.87. The molecule has 0 aliphatic rings. The monoisotopic (exact) mass is 250 g/mol. The number of nitrogens with zero attached hydrogens (tertiary/aromatic N) is 1. The van der Waals surface area contributed by atoms with E-state index < -0.39 is 5.60 Å². The molecule has 0 aliphatic heterocycles. The molecule has 102 valence electrons. The van der Waals surface area contributed by atoms with Crippen molar-refractivity contribution < 1.29 is 5.11 Å². The molecule has 0 saturated carbocycles. The molecule has 3 nitrogen and oxygen atoms in total. The fraction of sp³-hybridized carbons (Fsp3) is 0.600. The van der Waals surface area contributed by atoms with Crippen LogP contribution in [-0.4, -0.2) is 29.8 Å². The smallest absolute Gasteiger partial charge is 0.0760 e. The molecule has 0 heterocycles. The Morgan fingerprint density at radius 1 is 1.39 bits per heavy atom. The van der Waals surface area contributed by atoms with Gasteiger partial charge in [-0.1, -0.05) is 18.2 Å². The van der Waals surface area contributed by atoms with Crippen LogP contribution in [0.15, 0.2) is 24.3 Å². The van der Waals surface area contributed by atoms with Crippen molar-refractivity contribution in [3.8, 4) is 0 Å². The van der Waals surface area contributed by atoms with Gasteiger partial charge >= 0.3 is 0 Å². The second-order valence-corrected chi connectivity index (χ2v) is 5.33. The zero-order valence-corrected chi connectivity index (χ0v) is 12.0. The third-order valence-corrected chi connectivity index (χ3v) is 3.47. The number of aryl methyl sites for hydroxylation is 1. The molecule has 2 unspecified atom stereocenters. The zero-order valence-electron chi connectivity index (χ0n) is 12.0. The summed E-state index contributed by atoms with van der Waals surface area (Å²) >= 11 is 0. The quantitative estimate of drug-likeness (QED) is 0.814. The van der Waals surface area contributed by atoms with Crippen LogP contribution in [0.4, 0.5) is 5.69 Å². The van der Waals surface area contributed by atoms with Crippen molar-refractivity contribution in [3.05, 3.63) is 29.8 Å². The van der Waals surface area contributed by atoms with Crippen LogP contribution in [0.25, 0.3) is 0 Å². The number of nitrogens with two attached hydrogens (primary N) is 1. The number of aliphatic hydroxyl groups is 1. The molecular formula is C15H26N2O. The Labute approximate surface area is 111 Å². The summed E-state index contributed by atoms with van der Waals surface area (Å²) in [5.74, 6) is 0. The van der Waals surface area contributed by atoms with E-state index in [4.69, 9.17) is 5.73 Å². The lowest BCUT2D eigenvalue weighted by Gasteiger charge is -2.35. The highest BCUT2D eigenvalue weighted by Gasteiger charge is 2.25. The highest BCUT2D eigenvalue weighted by atomic mass is 16.3. The van der Waals surface area contributed by atoms with E-state index in [1.165, 1.54) is 11.3 Å². The van der Waals surface area contributed by atoms with Crippen LogP contribution in [0.2, 0.25) is 0 Å². The maximum atomic E-state index is 10.1. The van der Waals surface area contributed by atoms with Gasteiger partial charge in [0.25, 0.3) is 0 Å². The molecule has 0 aliphatic carbocycles. The number of rotatable bonds is 6. The van der Waals surface area contributed by atoms with Crippen LogP contribution >= 0.6 is 0 Å². The van der Waals surface area contributed by atoms with E-state index in [-0.39, 0.29) is 6.04 Å². The van der Waals surface area contributed by atoms with Gasteiger partial charge in [0.2, 0.25) is 0 Å². The topological polar surface area (TPSA) is 49.5 Å². The van der Waals surface area contributed by atoms with Gasteiger partial charge in [-0.25, -0.2) is 0 Å². The molecular weight excluding hydrogens is 224 g/mol. The first-order valence-electron chi connectivity index (χ1n) is 6.66. The van der Waals surface area contributed by atoms with E-state index in [1.807, 2.05) is 6.07 Å². The molecule has 0 spiro atoms. The Bertz CT molecular complexity index is 377. The lowest BCUT2D eigenvalue weighted by molar-refractivity contribution is 0.0537. The molecule has 1 aromatic carbocycles. The summed E-state index contributed by atoms with van der Waals surface area (Å²) in [5.41, 5.74) is 7.30. The predicted octanol–water partition coefficient (Wildman–Crippen LogP) is 2.31. The lowest BCUT2D eigenvalue weighted by Crippen LogP contribution is -2.43. The molecule has 2 atom stereocenters. The van der Waals surface area contributed by atoms with Crippen LogP contribution in [0.3, 0.4) is 0 Å². The van der Waals surface area contributed by atoms with E-state index in [0.29, 0.717) is 13.0 Å². The van der Waals surface area contributed by atoms with Crippen molar-refractivity contribution in [2.45, 2.75) is 45.8 Å². The van der Waals surface area contributed by atoms with E-state index in [1.54, 1.807) is 6.92 Å². The van der Waals surface area contributed by atoms with E-state index in [2.05, 4.69) is 43.9 Å². The average Bonchev–Trinajstić information content (AvgIpc) is 2.32. The summed E-state index contributed by atoms with van der Waals surface area (Å²) in [7, 11) is 0. The molecule has 3 N–H and O–H groups in total. The lowest BCUT2D eigenvalue weighted by atomic mass is 9.96. The van der Waals surface area contributed by atoms with Crippen molar-refractivity contribution in [1.82, 2.24) is 0 Å². The second kappa shape index (κ2) is 6.21. The number of anilines is 1. The molecule has 0 amide bonds. The summed E-state index contributed by atoms with van der Waals surface area (Å²) in [6.45, 7) is 9.41. The van der Waals surface area contributed by atoms with Crippen molar-refractivity contribution in [1.29, 1.82) is 0 Å². The highest BCUT2D eigenvalue weighted by Crippen LogP contribution is 2.24. The van der Waals surface area contributed by atoms with Gasteiger partial charge in [0, 0.05) is 24.8 Å². The van der Waals surface area contributed by atoms with Gasteiger partial charge in [0.05, 0.1) is 5.60 Å². The Morgan fingerprint density at radius 3 is 2.50 bits per heavy atom. The fourth-order valence-corrected chi connectivity index (χ4v) is 2.44. The van der Waals surface area contributed by atoms with Gasteiger partial charge in [-0.15, -0.1) is 0 Å². The van der Waals surface area contributed by atoms with Gasteiger partial charge in [-0.3, -0.25) is 0 Å². The third-order valence-electron chi connectivity index (χ3n) is 3.47. The van der Waals surface area contributed by atoms with E-state index in [0.717, 1.165) is 6.54 Å².